The molecule has 20 heavy (non-hydrogen) atoms. The summed E-state index contributed by atoms with van der Waals surface area (Å²) in [6.45, 7) is 5.75. The van der Waals surface area contributed by atoms with Gasteiger partial charge in [0.25, 0.3) is 0 Å². The first-order valence-corrected chi connectivity index (χ1v) is 7.35. The van der Waals surface area contributed by atoms with Crippen LogP contribution in [0.1, 0.15) is 6.42 Å². The maximum Gasteiger partial charge on any atom is 0.241 e. The lowest BCUT2D eigenvalue weighted by molar-refractivity contribution is -0.134. The molecule has 3 aliphatic rings. The molecule has 2 amide bonds. The summed E-state index contributed by atoms with van der Waals surface area (Å²) in [7, 11) is 0. The van der Waals surface area contributed by atoms with Crippen molar-refractivity contribution < 1.29 is 14.3 Å². The van der Waals surface area contributed by atoms with Crippen LogP contribution in [0, 0.1) is 0 Å². The second-order valence-electron chi connectivity index (χ2n) is 5.61. The van der Waals surface area contributed by atoms with Gasteiger partial charge in [0.15, 0.2) is 0 Å². The number of amides is 2. The van der Waals surface area contributed by atoms with Gasteiger partial charge in [0.1, 0.15) is 6.04 Å². The number of hydrogen-bond acceptors (Lipinski definition) is 5. The van der Waals surface area contributed by atoms with Crippen molar-refractivity contribution in [1.29, 1.82) is 0 Å². The van der Waals surface area contributed by atoms with Crippen LogP contribution in [0.4, 0.5) is 0 Å². The van der Waals surface area contributed by atoms with Gasteiger partial charge in [-0.2, -0.15) is 0 Å². The maximum absolute atomic E-state index is 12.4. The fraction of sp³-hybridized carbons (Fsp3) is 0.846. The van der Waals surface area contributed by atoms with E-state index in [0.29, 0.717) is 12.6 Å². The van der Waals surface area contributed by atoms with Gasteiger partial charge in [0.05, 0.1) is 19.8 Å². The van der Waals surface area contributed by atoms with Crippen molar-refractivity contribution in [3.63, 3.8) is 0 Å². The molecule has 7 heteroatoms. The van der Waals surface area contributed by atoms with Crippen LogP contribution in [0.5, 0.6) is 0 Å². The van der Waals surface area contributed by atoms with Gasteiger partial charge in [-0.05, 0) is 6.42 Å². The average molecular weight is 282 g/mol. The summed E-state index contributed by atoms with van der Waals surface area (Å²) in [5.41, 5.74) is 0. The van der Waals surface area contributed by atoms with E-state index < -0.39 is 0 Å². The number of morpholine rings is 1. The second-order valence-corrected chi connectivity index (χ2v) is 5.61. The standard InChI is InChI=1S/C13H22N4O3/c18-12-8-14-11(7-15-12)13(19)17-2-1-10(9-17)16-3-5-20-6-4-16/h10-11,14H,1-9H2,(H,15,18). The number of nitrogens with one attached hydrogen (secondary N) is 2. The zero-order valence-electron chi connectivity index (χ0n) is 11.6. The molecule has 3 aliphatic heterocycles. The summed E-state index contributed by atoms with van der Waals surface area (Å²) in [5, 5.41) is 5.74. The fourth-order valence-electron chi connectivity index (χ4n) is 3.14. The fourth-order valence-corrected chi connectivity index (χ4v) is 3.14. The maximum atomic E-state index is 12.4. The Bertz CT molecular complexity index is 374. The lowest BCUT2D eigenvalue weighted by atomic mass is 10.2. The summed E-state index contributed by atoms with van der Waals surface area (Å²) >= 11 is 0. The van der Waals surface area contributed by atoms with Crippen LogP contribution in [-0.2, 0) is 14.3 Å². The van der Waals surface area contributed by atoms with E-state index in [0.717, 1.165) is 45.8 Å². The molecule has 2 unspecified atom stereocenters. The molecule has 2 N–H and O–H groups in total. The molecule has 3 fully saturated rings. The predicted molar refractivity (Wildman–Crippen MR) is 72.2 cm³/mol. The number of hydrogen-bond donors (Lipinski definition) is 2. The monoisotopic (exact) mass is 282 g/mol. The van der Waals surface area contributed by atoms with Gasteiger partial charge in [-0.25, -0.2) is 0 Å². The zero-order chi connectivity index (χ0) is 13.9. The smallest absolute Gasteiger partial charge is 0.241 e. The van der Waals surface area contributed by atoms with E-state index in [9.17, 15) is 9.59 Å². The SMILES string of the molecule is O=C1CNC(C(=O)N2CCC(N3CCOCC3)C2)CN1. The quantitative estimate of drug-likeness (QED) is 0.613. The lowest BCUT2D eigenvalue weighted by Gasteiger charge is -2.32. The molecule has 0 bridgehead atoms. The van der Waals surface area contributed by atoms with Crippen LogP contribution in [0.3, 0.4) is 0 Å². The first kappa shape index (κ1) is 13.8. The van der Waals surface area contributed by atoms with Crippen molar-refractivity contribution in [2.24, 2.45) is 0 Å². The largest absolute Gasteiger partial charge is 0.379 e. The highest BCUT2D eigenvalue weighted by atomic mass is 16.5. The van der Waals surface area contributed by atoms with E-state index in [-0.39, 0.29) is 24.4 Å². The Morgan fingerprint density at radius 2 is 2.05 bits per heavy atom. The third-order valence-corrected chi connectivity index (χ3v) is 4.35. The summed E-state index contributed by atoms with van der Waals surface area (Å²) < 4.78 is 5.37. The molecule has 2 atom stereocenters. The first-order chi connectivity index (χ1) is 9.74. The van der Waals surface area contributed by atoms with Gasteiger partial charge in [-0.3, -0.25) is 19.8 Å². The van der Waals surface area contributed by atoms with Crippen LogP contribution in [-0.4, -0.2) is 86.2 Å². The van der Waals surface area contributed by atoms with E-state index in [4.69, 9.17) is 4.74 Å². The second kappa shape index (κ2) is 6.07. The molecule has 3 saturated heterocycles. The highest BCUT2D eigenvalue weighted by Gasteiger charge is 2.35. The molecular weight excluding hydrogens is 260 g/mol. The van der Waals surface area contributed by atoms with Crippen LogP contribution < -0.4 is 10.6 Å². The van der Waals surface area contributed by atoms with Crippen LogP contribution in [0.25, 0.3) is 0 Å². The lowest BCUT2D eigenvalue weighted by Crippen LogP contribution is -2.58. The third kappa shape index (κ3) is 2.94. The average Bonchev–Trinajstić information content (AvgIpc) is 2.98. The van der Waals surface area contributed by atoms with E-state index in [2.05, 4.69) is 15.5 Å². The van der Waals surface area contributed by atoms with Crippen molar-refractivity contribution in [2.45, 2.75) is 18.5 Å². The van der Waals surface area contributed by atoms with Crippen molar-refractivity contribution in [3.05, 3.63) is 0 Å². The molecule has 0 aromatic carbocycles. The van der Waals surface area contributed by atoms with Gasteiger partial charge in [0.2, 0.25) is 11.8 Å². The minimum absolute atomic E-state index is 0.0401. The number of carbonyl (C=O) groups excluding carboxylic acids is 2. The number of carbonyl (C=O) groups is 2. The Morgan fingerprint density at radius 1 is 1.25 bits per heavy atom. The van der Waals surface area contributed by atoms with Gasteiger partial charge in [0, 0.05) is 38.8 Å². The minimum Gasteiger partial charge on any atom is -0.379 e. The summed E-state index contributed by atoms with van der Waals surface area (Å²) in [6, 6.07) is 0.192. The van der Waals surface area contributed by atoms with Crippen molar-refractivity contribution in [1.82, 2.24) is 20.4 Å². The molecule has 0 aromatic heterocycles. The van der Waals surface area contributed by atoms with Crippen molar-refractivity contribution in [3.8, 4) is 0 Å². The molecule has 0 radical (unpaired) electrons. The molecule has 0 spiro atoms. The van der Waals surface area contributed by atoms with E-state index in [1.165, 1.54) is 0 Å². The molecule has 0 aliphatic carbocycles. The van der Waals surface area contributed by atoms with E-state index in [1.807, 2.05) is 4.90 Å². The summed E-state index contributed by atoms with van der Waals surface area (Å²) in [6.07, 6.45) is 1.03. The minimum atomic E-state index is -0.267. The molecule has 3 heterocycles. The van der Waals surface area contributed by atoms with Crippen LogP contribution in [0.15, 0.2) is 0 Å². The Labute approximate surface area is 118 Å². The highest BCUT2D eigenvalue weighted by Crippen LogP contribution is 2.17. The zero-order valence-corrected chi connectivity index (χ0v) is 11.6. The molecule has 0 aromatic rings. The summed E-state index contributed by atoms with van der Waals surface area (Å²) in [5.74, 6) is 0.0717. The molecule has 112 valence electrons. The summed E-state index contributed by atoms with van der Waals surface area (Å²) in [4.78, 5) is 27.8. The van der Waals surface area contributed by atoms with Gasteiger partial charge in [-0.15, -0.1) is 0 Å². The first-order valence-electron chi connectivity index (χ1n) is 7.35. The van der Waals surface area contributed by atoms with Crippen LogP contribution >= 0.6 is 0 Å². The predicted octanol–water partition coefficient (Wildman–Crippen LogP) is -1.99. The van der Waals surface area contributed by atoms with Crippen molar-refractivity contribution in [2.75, 3.05) is 52.5 Å². The normalized spacial score (nSPS) is 32.2. The number of piperazine rings is 1. The Hall–Kier alpha value is -1.18. The highest BCUT2D eigenvalue weighted by molar-refractivity contribution is 5.87. The van der Waals surface area contributed by atoms with E-state index in [1.54, 1.807) is 0 Å². The van der Waals surface area contributed by atoms with E-state index >= 15 is 0 Å². The van der Waals surface area contributed by atoms with Gasteiger partial charge >= 0.3 is 0 Å². The molecular formula is C13H22N4O3. The number of likely N-dealkylation sites (tertiary alicyclic amines) is 1. The van der Waals surface area contributed by atoms with Gasteiger partial charge < -0.3 is 15.0 Å². The van der Waals surface area contributed by atoms with Crippen LogP contribution in [0.2, 0.25) is 0 Å². The van der Waals surface area contributed by atoms with Gasteiger partial charge in [-0.1, -0.05) is 0 Å². The molecule has 0 saturated carbocycles. The number of rotatable bonds is 2. The number of ether oxygens (including phenoxy) is 1. The third-order valence-electron chi connectivity index (χ3n) is 4.35. The Morgan fingerprint density at radius 3 is 2.75 bits per heavy atom. The molecule has 7 nitrogen and oxygen atoms in total. The Kier molecular flexibility index (Phi) is 4.18. The molecule has 3 rings (SSSR count). The number of nitrogens with zero attached hydrogens (tertiary/aromatic N) is 2. The van der Waals surface area contributed by atoms with Crippen molar-refractivity contribution >= 4 is 11.8 Å². The topological polar surface area (TPSA) is 73.9 Å². The Balaban J connectivity index is 1.51.